The predicted octanol–water partition coefficient (Wildman–Crippen LogP) is 2.50. The van der Waals surface area contributed by atoms with Gasteiger partial charge in [0.05, 0.1) is 12.7 Å². The zero-order valence-corrected chi connectivity index (χ0v) is 12.6. The Morgan fingerprint density at radius 1 is 1.25 bits per heavy atom. The third-order valence-corrected chi connectivity index (χ3v) is 2.97. The highest BCUT2D eigenvalue weighted by atomic mass is 16.5. The Labute approximate surface area is 121 Å². The SMILES string of the molecule is CC(CCCO)NC(=O)c1ccc(COC(C)C)cc1. The van der Waals surface area contributed by atoms with Gasteiger partial charge in [-0.15, -0.1) is 0 Å². The summed E-state index contributed by atoms with van der Waals surface area (Å²) in [4.78, 5) is 12.0. The number of rotatable bonds is 8. The van der Waals surface area contributed by atoms with Crippen LogP contribution in [0.25, 0.3) is 0 Å². The van der Waals surface area contributed by atoms with Crippen molar-refractivity contribution in [2.45, 2.75) is 52.4 Å². The summed E-state index contributed by atoms with van der Waals surface area (Å²) in [7, 11) is 0. The number of carbonyl (C=O) groups is 1. The highest BCUT2D eigenvalue weighted by molar-refractivity contribution is 5.94. The van der Waals surface area contributed by atoms with Gasteiger partial charge in [0.25, 0.3) is 5.91 Å². The number of ether oxygens (including phenoxy) is 1. The first-order chi connectivity index (χ1) is 9.52. The highest BCUT2D eigenvalue weighted by Crippen LogP contribution is 2.08. The molecule has 20 heavy (non-hydrogen) atoms. The van der Waals surface area contributed by atoms with Crippen LogP contribution in [0.15, 0.2) is 24.3 Å². The summed E-state index contributed by atoms with van der Waals surface area (Å²) in [6.45, 7) is 6.65. The standard InChI is InChI=1S/C16H25NO3/c1-12(2)20-11-14-6-8-15(9-7-14)16(19)17-13(3)5-4-10-18/h6-9,12-13,18H,4-5,10-11H2,1-3H3,(H,17,19). The molecule has 0 heterocycles. The fourth-order valence-electron chi connectivity index (χ4n) is 1.79. The second-order valence-electron chi connectivity index (χ2n) is 5.30. The first kappa shape index (κ1) is 16.7. The summed E-state index contributed by atoms with van der Waals surface area (Å²) in [6, 6.07) is 7.52. The van der Waals surface area contributed by atoms with E-state index in [0.29, 0.717) is 18.6 Å². The molecule has 0 aliphatic carbocycles. The summed E-state index contributed by atoms with van der Waals surface area (Å²) in [5.41, 5.74) is 1.71. The molecule has 1 unspecified atom stereocenters. The molecule has 0 aliphatic rings. The molecule has 112 valence electrons. The maximum atomic E-state index is 12.0. The van der Waals surface area contributed by atoms with Gasteiger partial charge in [-0.3, -0.25) is 4.79 Å². The van der Waals surface area contributed by atoms with Crippen LogP contribution >= 0.6 is 0 Å². The number of benzene rings is 1. The van der Waals surface area contributed by atoms with E-state index in [1.807, 2.05) is 45.0 Å². The van der Waals surface area contributed by atoms with Gasteiger partial charge < -0.3 is 15.2 Å². The van der Waals surface area contributed by atoms with Gasteiger partial charge in [-0.25, -0.2) is 0 Å². The fraction of sp³-hybridized carbons (Fsp3) is 0.562. The first-order valence-corrected chi connectivity index (χ1v) is 7.15. The molecular formula is C16H25NO3. The van der Waals surface area contributed by atoms with Gasteiger partial charge in [0.1, 0.15) is 0 Å². The molecule has 0 aliphatic heterocycles. The molecule has 4 nitrogen and oxygen atoms in total. The van der Waals surface area contributed by atoms with Crippen molar-refractivity contribution in [1.29, 1.82) is 0 Å². The van der Waals surface area contributed by atoms with E-state index in [9.17, 15) is 4.79 Å². The van der Waals surface area contributed by atoms with E-state index < -0.39 is 0 Å². The van der Waals surface area contributed by atoms with Crippen LogP contribution in [0, 0.1) is 0 Å². The molecule has 4 heteroatoms. The summed E-state index contributed by atoms with van der Waals surface area (Å²) >= 11 is 0. The number of hydrogen-bond acceptors (Lipinski definition) is 3. The molecule has 0 saturated carbocycles. The topological polar surface area (TPSA) is 58.6 Å². The second kappa shape index (κ2) is 8.72. The average molecular weight is 279 g/mol. The highest BCUT2D eigenvalue weighted by Gasteiger charge is 2.09. The Balaban J connectivity index is 2.48. The van der Waals surface area contributed by atoms with E-state index in [1.165, 1.54) is 0 Å². The Morgan fingerprint density at radius 3 is 2.45 bits per heavy atom. The average Bonchev–Trinajstić information content (AvgIpc) is 2.43. The van der Waals surface area contributed by atoms with Crippen molar-refractivity contribution in [3.05, 3.63) is 35.4 Å². The Bertz CT molecular complexity index is 401. The number of aliphatic hydroxyl groups is 1. The zero-order valence-electron chi connectivity index (χ0n) is 12.6. The van der Waals surface area contributed by atoms with Crippen LogP contribution in [-0.2, 0) is 11.3 Å². The lowest BCUT2D eigenvalue weighted by molar-refractivity contribution is 0.0656. The molecule has 1 aromatic carbocycles. The number of aliphatic hydroxyl groups excluding tert-OH is 1. The van der Waals surface area contributed by atoms with Gasteiger partial charge in [-0.05, 0) is 51.3 Å². The van der Waals surface area contributed by atoms with Crippen LogP contribution in [0.1, 0.15) is 49.5 Å². The smallest absolute Gasteiger partial charge is 0.251 e. The molecule has 1 aromatic rings. The minimum Gasteiger partial charge on any atom is -0.396 e. The maximum Gasteiger partial charge on any atom is 0.251 e. The molecule has 0 spiro atoms. The van der Waals surface area contributed by atoms with E-state index in [-0.39, 0.29) is 24.7 Å². The monoisotopic (exact) mass is 279 g/mol. The summed E-state index contributed by atoms with van der Waals surface area (Å²) in [5.74, 6) is -0.0771. The van der Waals surface area contributed by atoms with E-state index in [0.717, 1.165) is 12.0 Å². The molecule has 1 rings (SSSR count). The van der Waals surface area contributed by atoms with Gasteiger partial charge in [0.2, 0.25) is 0 Å². The summed E-state index contributed by atoms with van der Waals surface area (Å²) in [6.07, 6.45) is 1.68. The first-order valence-electron chi connectivity index (χ1n) is 7.15. The van der Waals surface area contributed by atoms with Crippen molar-refractivity contribution in [3.63, 3.8) is 0 Å². The van der Waals surface area contributed by atoms with Crippen molar-refractivity contribution < 1.29 is 14.6 Å². The molecular weight excluding hydrogens is 254 g/mol. The summed E-state index contributed by atoms with van der Waals surface area (Å²) in [5, 5.41) is 11.7. The molecule has 0 fully saturated rings. The number of amides is 1. The van der Waals surface area contributed by atoms with Crippen molar-refractivity contribution in [2.75, 3.05) is 6.61 Å². The number of nitrogens with one attached hydrogen (secondary N) is 1. The lowest BCUT2D eigenvalue weighted by Crippen LogP contribution is -2.32. The number of hydrogen-bond donors (Lipinski definition) is 2. The molecule has 1 amide bonds. The largest absolute Gasteiger partial charge is 0.396 e. The lowest BCUT2D eigenvalue weighted by Gasteiger charge is -2.13. The minimum atomic E-state index is -0.0771. The molecule has 0 aromatic heterocycles. The lowest BCUT2D eigenvalue weighted by atomic mass is 10.1. The molecule has 1 atom stereocenters. The third kappa shape index (κ3) is 6.17. The van der Waals surface area contributed by atoms with Crippen molar-refractivity contribution in [1.82, 2.24) is 5.32 Å². The van der Waals surface area contributed by atoms with Crippen molar-refractivity contribution in [3.8, 4) is 0 Å². The Kier molecular flexibility index (Phi) is 7.26. The molecule has 0 saturated heterocycles. The quantitative estimate of drug-likeness (QED) is 0.768. The van der Waals surface area contributed by atoms with E-state index in [1.54, 1.807) is 0 Å². The normalized spacial score (nSPS) is 12.4. The molecule has 0 bridgehead atoms. The summed E-state index contributed by atoms with van der Waals surface area (Å²) < 4.78 is 5.51. The molecule has 2 N–H and O–H groups in total. The van der Waals surface area contributed by atoms with E-state index in [2.05, 4.69) is 5.32 Å². The number of carbonyl (C=O) groups excluding carboxylic acids is 1. The van der Waals surface area contributed by atoms with Crippen molar-refractivity contribution in [2.24, 2.45) is 0 Å². The fourth-order valence-corrected chi connectivity index (χ4v) is 1.79. The predicted molar refractivity (Wildman–Crippen MR) is 79.6 cm³/mol. The third-order valence-electron chi connectivity index (χ3n) is 2.97. The van der Waals surface area contributed by atoms with Crippen LogP contribution in [0.5, 0.6) is 0 Å². The Morgan fingerprint density at radius 2 is 1.90 bits per heavy atom. The maximum absolute atomic E-state index is 12.0. The van der Waals surface area contributed by atoms with Crippen LogP contribution in [0.4, 0.5) is 0 Å². The second-order valence-corrected chi connectivity index (χ2v) is 5.30. The van der Waals surface area contributed by atoms with Crippen LogP contribution in [0.2, 0.25) is 0 Å². The molecule has 0 radical (unpaired) electrons. The van der Waals surface area contributed by atoms with E-state index >= 15 is 0 Å². The van der Waals surface area contributed by atoms with Gasteiger partial charge in [0, 0.05) is 18.2 Å². The van der Waals surface area contributed by atoms with Crippen LogP contribution in [0.3, 0.4) is 0 Å². The van der Waals surface area contributed by atoms with Crippen LogP contribution in [-0.4, -0.2) is 29.8 Å². The van der Waals surface area contributed by atoms with Gasteiger partial charge >= 0.3 is 0 Å². The minimum absolute atomic E-state index is 0.0681. The van der Waals surface area contributed by atoms with Crippen LogP contribution < -0.4 is 5.32 Å². The van der Waals surface area contributed by atoms with Gasteiger partial charge in [-0.2, -0.15) is 0 Å². The zero-order chi connectivity index (χ0) is 15.0. The van der Waals surface area contributed by atoms with Gasteiger partial charge in [0.15, 0.2) is 0 Å². The van der Waals surface area contributed by atoms with E-state index in [4.69, 9.17) is 9.84 Å². The van der Waals surface area contributed by atoms with Gasteiger partial charge in [-0.1, -0.05) is 12.1 Å². The van der Waals surface area contributed by atoms with Crippen molar-refractivity contribution >= 4 is 5.91 Å². The Hall–Kier alpha value is -1.39.